The van der Waals surface area contributed by atoms with E-state index >= 15 is 0 Å². The quantitative estimate of drug-likeness (QED) is 0.940. The lowest BCUT2D eigenvalue weighted by molar-refractivity contribution is 0.252. The minimum atomic E-state index is 0.338. The van der Waals surface area contributed by atoms with Crippen LogP contribution in [-0.2, 0) is 6.42 Å². The molecule has 0 bridgehead atoms. The van der Waals surface area contributed by atoms with E-state index in [0.717, 1.165) is 29.3 Å². The number of aromatic nitrogens is 2. The van der Waals surface area contributed by atoms with Crippen LogP contribution >= 0.6 is 15.9 Å². The maximum atomic E-state index is 5.39. The minimum absolute atomic E-state index is 0.338. The van der Waals surface area contributed by atoms with Crippen molar-refractivity contribution in [3.8, 4) is 0 Å². The first-order valence-electron chi connectivity index (χ1n) is 6.50. The second kappa shape index (κ2) is 5.43. The summed E-state index contributed by atoms with van der Waals surface area (Å²) in [6.45, 7) is 4.25. The smallest absolute Gasteiger partial charge is 0.229 e. The highest BCUT2D eigenvalue weighted by Gasteiger charge is 2.28. The number of halogens is 1. The van der Waals surface area contributed by atoms with E-state index in [1.54, 1.807) is 0 Å². The topological polar surface area (TPSA) is 51.0 Å². The second-order valence-corrected chi connectivity index (χ2v) is 5.98. The minimum Gasteiger partial charge on any atom is -0.339 e. The number of nitrogens with one attached hydrogen (secondary N) is 1. The zero-order valence-electron chi connectivity index (χ0n) is 10.8. The van der Waals surface area contributed by atoms with Crippen molar-refractivity contribution in [2.45, 2.75) is 19.3 Å². The molecule has 1 aliphatic heterocycles. The van der Waals surface area contributed by atoms with Crippen molar-refractivity contribution in [2.24, 2.45) is 5.92 Å². The highest BCUT2D eigenvalue weighted by molar-refractivity contribution is 9.10. The van der Waals surface area contributed by atoms with Crippen LogP contribution in [0.3, 0.4) is 0 Å². The molecular weight excluding hydrogens is 306 g/mol. The molecule has 1 unspecified atom stereocenters. The van der Waals surface area contributed by atoms with Gasteiger partial charge >= 0.3 is 0 Å². The normalized spacial score (nSPS) is 17.2. The Morgan fingerprint density at radius 2 is 2.32 bits per heavy atom. The summed E-state index contributed by atoms with van der Waals surface area (Å²) in [5.74, 6) is 2.48. The molecule has 0 radical (unpaired) electrons. The van der Waals surface area contributed by atoms with E-state index < -0.39 is 0 Å². The van der Waals surface area contributed by atoms with Gasteiger partial charge in [0.2, 0.25) is 5.89 Å². The van der Waals surface area contributed by atoms with E-state index in [1.807, 2.05) is 12.1 Å². The summed E-state index contributed by atoms with van der Waals surface area (Å²) in [6, 6.07) is 8.18. The van der Waals surface area contributed by atoms with E-state index in [9.17, 15) is 0 Å². The number of nitrogens with zero attached hydrogens (tertiary/aromatic N) is 2. The van der Waals surface area contributed by atoms with Gasteiger partial charge in [-0.3, -0.25) is 0 Å². The number of rotatable bonds is 4. The SMILES string of the molecule is CC(c1nc(Cc2cccc(Br)c2)no1)C1CNC1. The van der Waals surface area contributed by atoms with Gasteiger partial charge < -0.3 is 9.84 Å². The summed E-state index contributed by atoms with van der Waals surface area (Å²) in [5.41, 5.74) is 1.18. The van der Waals surface area contributed by atoms with E-state index in [4.69, 9.17) is 4.52 Å². The molecular formula is C14H16BrN3O. The molecule has 0 saturated carbocycles. The third-order valence-electron chi connectivity index (χ3n) is 3.64. The average molecular weight is 322 g/mol. The van der Waals surface area contributed by atoms with Crippen LogP contribution in [0.5, 0.6) is 0 Å². The lowest BCUT2D eigenvalue weighted by atomic mass is 9.89. The molecule has 1 N–H and O–H groups in total. The van der Waals surface area contributed by atoms with Crippen molar-refractivity contribution < 1.29 is 4.52 Å². The summed E-state index contributed by atoms with van der Waals surface area (Å²) < 4.78 is 6.46. The van der Waals surface area contributed by atoms with Crippen molar-refractivity contribution >= 4 is 15.9 Å². The number of hydrogen-bond acceptors (Lipinski definition) is 4. The van der Waals surface area contributed by atoms with Gasteiger partial charge in [0, 0.05) is 16.8 Å². The largest absolute Gasteiger partial charge is 0.339 e. The zero-order valence-corrected chi connectivity index (χ0v) is 12.4. The standard InChI is InChI=1S/C14H16BrN3O/c1-9(11-7-16-8-11)14-17-13(18-19-14)6-10-3-2-4-12(15)5-10/h2-5,9,11,16H,6-8H2,1H3. The molecule has 4 nitrogen and oxygen atoms in total. The predicted molar refractivity (Wildman–Crippen MR) is 76.0 cm³/mol. The first-order chi connectivity index (χ1) is 9.22. The van der Waals surface area contributed by atoms with Gasteiger partial charge in [0.1, 0.15) is 0 Å². The third kappa shape index (κ3) is 2.87. The van der Waals surface area contributed by atoms with Gasteiger partial charge in [-0.2, -0.15) is 4.98 Å². The van der Waals surface area contributed by atoms with Gasteiger partial charge in [-0.15, -0.1) is 0 Å². The summed E-state index contributed by atoms with van der Waals surface area (Å²) in [6.07, 6.45) is 0.707. The molecule has 3 rings (SSSR count). The highest BCUT2D eigenvalue weighted by atomic mass is 79.9. The van der Waals surface area contributed by atoms with Gasteiger partial charge in [-0.1, -0.05) is 40.1 Å². The van der Waals surface area contributed by atoms with Crippen LogP contribution in [0.4, 0.5) is 0 Å². The molecule has 1 aliphatic rings. The third-order valence-corrected chi connectivity index (χ3v) is 4.14. The summed E-state index contributed by atoms with van der Waals surface area (Å²) in [7, 11) is 0. The van der Waals surface area contributed by atoms with Crippen LogP contribution in [0.2, 0.25) is 0 Å². The van der Waals surface area contributed by atoms with Crippen LogP contribution in [-0.4, -0.2) is 23.2 Å². The van der Waals surface area contributed by atoms with Gasteiger partial charge in [-0.25, -0.2) is 0 Å². The molecule has 1 saturated heterocycles. The van der Waals surface area contributed by atoms with Crippen molar-refractivity contribution in [3.63, 3.8) is 0 Å². The number of hydrogen-bond donors (Lipinski definition) is 1. The molecule has 0 amide bonds. The molecule has 2 heterocycles. The van der Waals surface area contributed by atoms with Crippen LogP contribution in [0.1, 0.15) is 30.1 Å². The van der Waals surface area contributed by atoms with Crippen LogP contribution in [0.25, 0.3) is 0 Å². The van der Waals surface area contributed by atoms with E-state index in [0.29, 0.717) is 18.3 Å². The lowest BCUT2D eigenvalue weighted by Crippen LogP contribution is -2.44. The molecule has 0 spiro atoms. The fraction of sp³-hybridized carbons (Fsp3) is 0.429. The Morgan fingerprint density at radius 1 is 1.47 bits per heavy atom. The molecule has 5 heteroatoms. The molecule has 1 aromatic carbocycles. The first-order valence-corrected chi connectivity index (χ1v) is 7.29. The maximum Gasteiger partial charge on any atom is 0.229 e. The maximum absolute atomic E-state index is 5.39. The molecule has 19 heavy (non-hydrogen) atoms. The Labute approximate surface area is 120 Å². The second-order valence-electron chi connectivity index (χ2n) is 5.06. The van der Waals surface area contributed by atoms with Gasteiger partial charge in [0.05, 0.1) is 0 Å². The first kappa shape index (κ1) is 12.8. The van der Waals surface area contributed by atoms with Gasteiger partial charge in [0.15, 0.2) is 5.82 Å². The summed E-state index contributed by atoms with van der Waals surface area (Å²) in [5, 5.41) is 7.35. The van der Waals surface area contributed by atoms with Crippen molar-refractivity contribution in [2.75, 3.05) is 13.1 Å². The van der Waals surface area contributed by atoms with Crippen molar-refractivity contribution in [1.82, 2.24) is 15.5 Å². The molecule has 2 aromatic rings. The van der Waals surface area contributed by atoms with Gasteiger partial charge in [0.25, 0.3) is 0 Å². The lowest BCUT2D eigenvalue weighted by Gasteiger charge is -2.30. The summed E-state index contributed by atoms with van der Waals surface area (Å²) >= 11 is 3.47. The molecule has 100 valence electrons. The molecule has 1 fully saturated rings. The summed E-state index contributed by atoms with van der Waals surface area (Å²) in [4.78, 5) is 4.52. The van der Waals surface area contributed by atoms with Crippen LogP contribution in [0, 0.1) is 5.92 Å². The highest BCUT2D eigenvalue weighted by Crippen LogP contribution is 2.26. The Hall–Kier alpha value is -1.20. The van der Waals surface area contributed by atoms with Crippen LogP contribution in [0.15, 0.2) is 33.3 Å². The van der Waals surface area contributed by atoms with E-state index in [2.05, 4.69) is 50.4 Å². The van der Waals surface area contributed by atoms with E-state index in [-0.39, 0.29) is 0 Å². The van der Waals surface area contributed by atoms with Crippen molar-refractivity contribution in [1.29, 1.82) is 0 Å². The van der Waals surface area contributed by atoms with E-state index in [1.165, 1.54) is 5.56 Å². The Kier molecular flexibility index (Phi) is 3.66. The van der Waals surface area contributed by atoms with Crippen LogP contribution < -0.4 is 5.32 Å². The Morgan fingerprint density at radius 3 is 3.00 bits per heavy atom. The fourth-order valence-corrected chi connectivity index (χ4v) is 2.67. The Balaban J connectivity index is 1.70. The fourth-order valence-electron chi connectivity index (χ4n) is 2.22. The molecule has 1 aromatic heterocycles. The van der Waals surface area contributed by atoms with Gasteiger partial charge in [-0.05, 0) is 36.7 Å². The predicted octanol–water partition coefficient (Wildman–Crippen LogP) is 2.75. The average Bonchev–Trinajstić information content (AvgIpc) is 2.75. The monoisotopic (exact) mass is 321 g/mol. The zero-order chi connectivity index (χ0) is 13.2. The van der Waals surface area contributed by atoms with Crippen molar-refractivity contribution in [3.05, 3.63) is 46.0 Å². The Bertz CT molecular complexity index is 565. The number of benzene rings is 1. The molecule has 1 atom stereocenters. The molecule has 0 aliphatic carbocycles.